The fourth-order valence-electron chi connectivity index (χ4n) is 2.29. The van der Waals surface area contributed by atoms with E-state index >= 15 is 0 Å². The molecule has 1 nitrogen and oxygen atoms in total. The summed E-state index contributed by atoms with van der Waals surface area (Å²) < 4.78 is 0. The lowest BCUT2D eigenvalue weighted by molar-refractivity contribution is -0.116. The van der Waals surface area contributed by atoms with Crippen LogP contribution in [0.15, 0.2) is 55.1 Å². The molecular formula is C16H15ClO. The van der Waals surface area contributed by atoms with Gasteiger partial charge in [-0.15, -0.1) is 6.58 Å². The first-order valence-electron chi connectivity index (χ1n) is 5.88. The van der Waals surface area contributed by atoms with Crippen LogP contribution in [0.3, 0.4) is 0 Å². The van der Waals surface area contributed by atoms with Crippen LogP contribution in [-0.4, -0.2) is 5.24 Å². The van der Waals surface area contributed by atoms with E-state index in [-0.39, 0.29) is 5.24 Å². The molecule has 0 aliphatic heterocycles. The second-order valence-corrected chi connectivity index (χ2v) is 4.97. The first-order chi connectivity index (χ1) is 8.59. The van der Waals surface area contributed by atoms with Crippen LogP contribution < -0.4 is 0 Å². The zero-order valence-corrected chi connectivity index (χ0v) is 11.1. The molecule has 2 rings (SSSR count). The number of fused-ring (bicyclic) bond motifs is 1. The van der Waals surface area contributed by atoms with Crippen LogP contribution in [0.5, 0.6) is 0 Å². The number of hydrogen-bond donors (Lipinski definition) is 0. The zero-order valence-electron chi connectivity index (χ0n) is 10.3. The van der Waals surface area contributed by atoms with Crippen LogP contribution in [0.25, 0.3) is 10.8 Å². The lowest BCUT2D eigenvalue weighted by atomic mass is 9.78. The minimum atomic E-state index is -0.718. The molecule has 0 aliphatic carbocycles. The summed E-state index contributed by atoms with van der Waals surface area (Å²) in [5, 5.41) is 1.83. The summed E-state index contributed by atoms with van der Waals surface area (Å²) in [4.78, 5) is 11.8. The van der Waals surface area contributed by atoms with Gasteiger partial charge in [0.2, 0.25) is 5.24 Å². The molecule has 92 valence electrons. The van der Waals surface area contributed by atoms with E-state index in [0.717, 1.165) is 16.3 Å². The third kappa shape index (κ3) is 2.06. The highest BCUT2D eigenvalue weighted by Crippen LogP contribution is 2.35. The second-order valence-electron chi connectivity index (χ2n) is 4.63. The van der Waals surface area contributed by atoms with Crippen molar-refractivity contribution in [2.45, 2.75) is 18.8 Å². The minimum absolute atomic E-state index is 0.348. The molecule has 18 heavy (non-hydrogen) atoms. The highest BCUT2D eigenvalue weighted by atomic mass is 35.5. The van der Waals surface area contributed by atoms with Crippen molar-refractivity contribution in [2.24, 2.45) is 0 Å². The predicted octanol–water partition coefficient (Wildman–Crippen LogP) is 4.44. The predicted molar refractivity (Wildman–Crippen MR) is 77.0 cm³/mol. The van der Waals surface area contributed by atoms with E-state index < -0.39 is 5.41 Å². The quantitative estimate of drug-likeness (QED) is 0.585. The molecule has 0 saturated heterocycles. The maximum absolute atomic E-state index is 11.8. The summed E-state index contributed by atoms with van der Waals surface area (Å²) in [5.41, 5.74) is 0.241. The van der Waals surface area contributed by atoms with Crippen molar-refractivity contribution >= 4 is 27.6 Å². The molecule has 2 heteroatoms. The Bertz CT molecular complexity index is 598. The lowest BCUT2D eigenvalue weighted by Crippen LogP contribution is -2.28. The Morgan fingerprint density at radius 1 is 1.28 bits per heavy atom. The molecule has 0 amide bonds. The molecule has 0 N–H and O–H groups in total. The minimum Gasteiger partial charge on any atom is -0.280 e. The van der Waals surface area contributed by atoms with Gasteiger partial charge >= 0.3 is 0 Å². The van der Waals surface area contributed by atoms with E-state index in [1.807, 2.05) is 49.4 Å². The van der Waals surface area contributed by atoms with E-state index in [0.29, 0.717) is 6.42 Å². The molecule has 1 unspecified atom stereocenters. The molecule has 0 saturated carbocycles. The van der Waals surface area contributed by atoms with E-state index in [1.165, 1.54) is 0 Å². The average Bonchev–Trinajstić information content (AvgIpc) is 2.38. The number of carbonyl (C=O) groups is 1. The monoisotopic (exact) mass is 258 g/mol. The van der Waals surface area contributed by atoms with Crippen molar-refractivity contribution in [1.29, 1.82) is 0 Å². The van der Waals surface area contributed by atoms with Crippen molar-refractivity contribution < 1.29 is 4.79 Å². The molecule has 0 heterocycles. The Morgan fingerprint density at radius 2 is 1.94 bits per heavy atom. The molecule has 0 aliphatic rings. The molecule has 0 bridgehead atoms. The smallest absolute Gasteiger partial charge is 0.232 e. The molecule has 2 aromatic carbocycles. The summed E-state index contributed by atoms with van der Waals surface area (Å²) in [5.74, 6) is 0. The third-order valence-corrected chi connectivity index (χ3v) is 3.79. The van der Waals surface area contributed by atoms with Gasteiger partial charge in [0.1, 0.15) is 0 Å². The summed E-state index contributed by atoms with van der Waals surface area (Å²) in [6.07, 6.45) is 2.27. The SMILES string of the molecule is C=CCC(C)(C(=O)Cl)c1cccc2ccccc12. The van der Waals surface area contributed by atoms with Crippen LogP contribution in [0.1, 0.15) is 18.9 Å². The highest BCUT2D eigenvalue weighted by molar-refractivity contribution is 6.65. The summed E-state index contributed by atoms with van der Waals surface area (Å²) in [7, 11) is 0. The lowest BCUT2D eigenvalue weighted by Gasteiger charge is -2.26. The third-order valence-electron chi connectivity index (χ3n) is 3.37. The van der Waals surface area contributed by atoms with Crippen LogP contribution in [0.4, 0.5) is 0 Å². The Kier molecular flexibility index (Phi) is 3.53. The van der Waals surface area contributed by atoms with E-state index in [1.54, 1.807) is 6.08 Å². The van der Waals surface area contributed by atoms with E-state index in [2.05, 4.69) is 6.58 Å². The fraction of sp³-hybridized carbons (Fsp3) is 0.188. The first-order valence-corrected chi connectivity index (χ1v) is 6.26. The topological polar surface area (TPSA) is 17.1 Å². The van der Waals surface area contributed by atoms with Crippen molar-refractivity contribution in [3.05, 3.63) is 60.7 Å². The molecule has 2 aromatic rings. The first kappa shape index (κ1) is 12.8. The van der Waals surface area contributed by atoms with Crippen molar-refractivity contribution in [1.82, 2.24) is 0 Å². The van der Waals surface area contributed by atoms with Gasteiger partial charge in [0.15, 0.2) is 0 Å². The van der Waals surface area contributed by atoms with Gasteiger partial charge in [-0.25, -0.2) is 0 Å². The normalized spacial score (nSPS) is 14.1. The van der Waals surface area contributed by atoms with Crippen molar-refractivity contribution in [3.63, 3.8) is 0 Å². The zero-order chi connectivity index (χ0) is 13.2. The molecule has 0 spiro atoms. The van der Waals surface area contributed by atoms with Gasteiger partial charge in [0, 0.05) is 0 Å². The van der Waals surface area contributed by atoms with E-state index in [4.69, 9.17) is 11.6 Å². The molecule has 0 radical (unpaired) electrons. The van der Waals surface area contributed by atoms with Gasteiger partial charge < -0.3 is 0 Å². The Balaban J connectivity index is 2.72. The standard InChI is InChI=1S/C16H15ClO/c1-3-11-16(2,15(17)18)14-10-6-8-12-7-4-5-9-13(12)14/h3-10H,1,11H2,2H3. The maximum atomic E-state index is 11.8. The van der Waals surface area contributed by atoms with Crippen LogP contribution in [0.2, 0.25) is 0 Å². The molecule has 0 aromatic heterocycles. The Morgan fingerprint density at radius 3 is 2.61 bits per heavy atom. The van der Waals surface area contributed by atoms with Crippen LogP contribution in [0, 0.1) is 0 Å². The van der Waals surface area contributed by atoms with Crippen LogP contribution in [-0.2, 0) is 10.2 Å². The molecule has 1 atom stereocenters. The van der Waals surface area contributed by atoms with Crippen molar-refractivity contribution in [2.75, 3.05) is 0 Å². The van der Waals surface area contributed by atoms with Crippen LogP contribution >= 0.6 is 11.6 Å². The van der Waals surface area contributed by atoms with Gasteiger partial charge in [-0.1, -0.05) is 48.5 Å². The van der Waals surface area contributed by atoms with Gasteiger partial charge in [0.05, 0.1) is 5.41 Å². The molecular weight excluding hydrogens is 244 g/mol. The van der Waals surface area contributed by atoms with Gasteiger partial charge in [-0.2, -0.15) is 0 Å². The fourth-order valence-corrected chi connectivity index (χ4v) is 2.47. The number of hydrogen-bond acceptors (Lipinski definition) is 1. The number of benzene rings is 2. The second kappa shape index (κ2) is 4.95. The summed E-state index contributed by atoms with van der Waals surface area (Å²) in [6, 6.07) is 14.0. The Hall–Kier alpha value is -1.60. The van der Waals surface area contributed by atoms with E-state index in [9.17, 15) is 4.79 Å². The maximum Gasteiger partial charge on any atom is 0.232 e. The number of allylic oxidation sites excluding steroid dienone is 1. The highest BCUT2D eigenvalue weighted by Gasteiger charge is 2.33. The number of carbonyl (C=O) groups excluding carboxylic acids is 1. The molecule has 0 fully saturated rings. The largest absolute Gasteiger partial charge is 0.280 e. The van der Waals surface area contributed by atoms with Crippen molar-refractivity contribution in [3.8, 4) is 0 Å². The average molecular weight is 259 g/mol. The van der Waals surface area contributed by atoms with Gasteiger partial charge in [-0.05, 0) is 41.3 Å². The number of rotatable bonds is 4. The summed E-state index contributed by atoms with van der Waals surface area (Å²) in [6.45, 7) is 5.59. The number of halogens is 1. The summed E-state index contributed by atoms with van der Waals surface area (Å²) >= 11 is 5.81. The Labute approximate surface area is 112 Å². The van der Waals surface area contributed by atoms with Gasteiger partial charge in [0.25, 0.3) is 0 Å². The van der Waals surface area contributed by atoms with Gasteiger partial charge in [-0.3, -0.25) is 4.79 Å².